The van der Waals surface area contributed by atoms with Crippen molar-refractivity contribution in [2.75, 3.05) is 5.32 Å². The molecule has 1 aliphatic rings. The minimum Gasteiger partial charge on any atom is -0.326 e. The molecule has 1 aromatic rings. The number of nitrogens with zero attached hydrogens (tertiary/aromatic N) is 1. The van der Waals surface area contributed by atoms with E-state index < -0.39 is 0 Å². The molecule has 0 aromatic heterocycles. The first-order valence-electron chi connectivity index (χ1n) is 5.92. The van der Waals surface area contributed by atoms with Crippen LogP contribution in [0.15, 0.2) is 18.2 Å². The van der Waals surface area contributed by atoms with E-state index in [0.29, 0.717) is 12.3 Å². The van der Waals surface area contributed by atoms with Gasteiger partial charge in [0.15, 0.2) is 0 Å². The molecule has 88 valence electrons. The van der Waals surface area contributed by atoms with Crippen LogP contribution in [0.1, 0.15) is 37.3 Å². The van der Waals surface area contributed by atoms with Crippen molar-refractivity contribution in [3.63, 3.8) is 0 Å². The van der Waals surface area contributed by atoms with Crippen LogP contribution in [0.5, 0.6) is 0 Å². The molecule has 3 nitrogen and oxygen atoms in total. The summed E-state index contributed by atoms with van der Waals surface area (Å²) in [6, 6.07) is 8.23. The third kappa shape index (κ3) is 2.31. The first-order valence-corrected chi connectivity index (χ1v) is 5.92. The van der Waals surface area contributed by atoms with E-state index in [1.165, 1.54) is 5.56 Å². The van der Waals surface area contributed by atoms with Crippen LogP contribution in [-0.4, -0.2) is 5.91 Å². The lowest BCUT2D eigenvalue weighted by Crippen LogP contribution is -2.29. The molecule has 0 saturated carbocycles. The van der Waals surface area contributed by atoms with E-state index in [-0.39, 0.29) is 18.2 Å². The topological polar surface area (TPSA) is 52.9 Å². The quantitative estimate of drug-likeness (QED) is 0.846. The Morgan fingerprint density at radius 2 is 2.29 bits per heavy atom. The predicted octanol–water partition coefficient (Wildman–Crippen LogP) is 2.83. The summed E-state index contributed by atoms with van der Waals surface area (Å²) in [5.74, 6) is 0.249. The number of benzene rings is 1. The van der Waals surface area contributed by atoms with Gasteiger partial charge in [-0.1, -0.05) is 26.0 Å². The second-order valence-corrected chi connectivity index (χ2v) is 4.82. The second kappa shape index (κ2) is 4.58. The van der Waals surface area contributed by atoms with E-state index in [9.17, 15) is 4.79 Å². The highest BCUT2D eigenvalue weighted by Crippen LogP contribution is 2.29. The van der Waals surface area contributed by atoms with E-state index in [2.05, 4.69) is 31.3 Å². The summed E-state index contributed by atoms with van der Waals surface area (Å²) in [6.45, 7) is 4.30. The normalized spacial score (nSPS) is 18.5. The van der Waals surface area contributed by atoms with Crippen LogP contribution in [0.4, 0.5) is 5.69 Å². The lowest BCUT2D eigenvalue weighted by Gasteiger charge is -2.24. The molecule has 1 unspecified atom stereocenters. The number of hydrogen-bond donors (Lipinski definition) is 1. The summed E-state index contributed by atoms with van der Waals surface area (Å²) < 4.78 is 0. The molecule has 1 aliphatic heterocycles. The number of carbonyl (C=O) groups is 1. The van der Waals surface area contributed by atoms with Gasteiger partial charge in [0.1, 0.15) is 0 Å². The Kier molecular flexibility index (Phi) is 3.14. The summed E-state index contributed by atoms with van der Waals surface area (Å²) in [5, 5.41) is 11.6. The maximum Gasteiger partial charge on any atom is 0.228 e. The number of carbonyl (C=O) groups excluding carboxylic acids is 1. The lowest BCUT2D eigenvalue weighted by molar-refractivity contribution is -0.120. The van der Waals surface area contributed by atoms with Crippen LogP contribution in [-0.2, 0) is 11.2 Å². The third-order valence-corrected chi connectivity index (χ3v) is 3.23. The Morgan fingerprint density at radius 3 is 2.94 bits per heavy atom. The monoisotopic (exact) mass is 228 g/mol. The molecule has 1 heterocycles. The lowest BCUT2D eigenvalue weighted by atomic mass is 9.88. The summed E-state index contributed by atoms with van der Waals surface area (Å²) in [7, 11) is 0. The Labute approximate surface area is 101 Å². The molecule has 0 saturated heterocycles. The maximum absolute atomic E-state index is 11.7. The van der Waals surface area contributed by atoms with Gasteiger partial charge in [0.05, 0.1) is 12.0 Å². The van der Waals surface area contributed by atoms with Gasteiger partial charge < -0.3 is 5.32 Å². The molecule has 0 spiro atoms. The van der Waals surface area contributed by atoms with Crippen molar-refractivity contribution in [3.8, 4) is 6.07 Å². The summed E-state index contributed by atoms with van der Waals surface area (Å²) in [5.41, 5.74) is 3.32. The van der Waals surface area contributed by atoms with E-state index in [1.54, 1.807) is 0 Å². The molecule has 1 aromatic carbocycles. The van der Waals surface area contributed by atoms with Crippen LogP contribution in [0.2, 0.25) is 0 Å². The highest BCUT2D eigenvalue weighted by atomic mass is 16.1. The Balaban J connectivity index is 2.31. The van der Waals surface area contributed by atoms with Gasteiger partial charge in [0, 0.05) is 12.1 Å². The number of anilines is 1. The van der Waals surface area contributed by atoms with Gasteiger partial charge in [-0.2, -0.15) is 5.26 Å². The zero-order valence-electron chi connectivity index (χ0n) is 10.2. The summed E-state index contributed by atoms with van der Waals surface area (Å²) in [4.78, 5) is 11.7. The van der Waals surface area contributed by atoms with Crippen LogP contribution >= 0.6 is 0 Å². The van der Waals surface area contributed by atoms with Gasteiger partial charge in [-0.3, -0.25) is 4.79 Å². The molecule has 1 amide bonds. The van der Waals surface area contributed by atoms with Crippen molar-refractivity contribution in [1.82, 2.24) is 0 Å². The van der Waals surface area contributed by atoms with Gasteiger partial charge in [0.25, 0.3) is 0 Å². The average Bonchev–Trinajstić information content (AvgIpc) is 2.29. The smallest absolute Gasteiger partial charge is 0.228 e. The van der Waals surface area contributed by atoms with Crippen molar-refractivity contribution in [1.29, 1.82) is 5.26 Å². The van der Waals surface area contributed by atoms with E-state index in [0.717, 1.165) is 11.3 Å². The maximum atomic E-state index is 11.7. The van der Waals surface area contributed by atoms with Crippen LogP contribution in [0.25, 0.3) is 0 Å². The first-order chi connectivity index (χ1) is 8.11. The SMILES string of the molecule is CC(C)c1ccc2c(c1)CC(CC#N)C(=O)N2. The number of nitrogens with one attached hydrogen (secondary N) is 1. The molecule has 3 heteroatoms. The number of nitriles is 1. The number of hydrogen-bond acceptors (Lipinski definition) is 2. The van der Waals surface area contributed by atoms with Crippen LogP contribution in [0, 0.1) is 17.2 Å². The van der Waals surface area contributed by atoms with Gasteiger partial charge in [-0.15, -0.1) is 0 Å². The van der Waals surface area contributed by atoms with Gasteiger partial charge in [-0.05, 0) is 29.5 Å². The highest BCUT2D eigenvalue weighted by molar-refractivity contribution is 5.95. The van der Waals surface area contributed by atoms with Gasteiger partial charge in [-0.25, -0.2) is 0 Å². The van der Waals surface area contributed by atoms with Crippen molar-refractivity contribution in [3.05, 3.63) is 29.3 Å². The molecular formula is C14H16N2O. The van der Waals surface area contributed by atoms with Crippen LogP contribution in [0.3, 0.4) is 0 Å². The van der Waals surface area contributed by atoms with E-state index in [1.807, 2.05) is 12.1 Å². The molecule has 1 atom stereocenters. The predicted molar refractivity (Wildman–Crippen MR) is 66.6 cm³/mol. The highest BCUT2D eigenvalue weighted by Gasteiger charge is 2.25. The van der Waals surface area contributed by atoms with Gasteiger partial charge in [0.2, 0.25) is 5.91 Å². The number of amides is 1. The standard InChI is InChI=1S/C14H16N2O/c1-9(2)10-3-4-13-12(7-10)8-11(5-6-15)14(17)16-13/h3-4,7,9,11H,5,8H2,1-2H3,(H,16,17). The molecule has 0 bridgehead atoms. The second-order valence-electron chi connectivity index (χ2n) is 4.82. The van der Waals surface area contributed by atoms with E-state index in [4.69, 9.17) is 5.26 Å². The Morgan fingerprint density at radius 1 is 1.53 bits per heavy atom. The van der Waals surface area contributed by atoms with Crippen molar-refractivity contribution >= 4 is 11.6 Å². The average molecular weight is 228 g/mol. The van der Waals surface area contributed by atoms with Crippen molar-refractivity contribution in [2.24, 2.45) is 5.92 Å². The fraction of sp³-hybridized carbons (Fsp3) is 0.429. The molecule has 1 N–H and O–H groups in total. The molecule has 0 aliphatic carbocycles. The zero-order chi connectivity index (χ0) is 12.4. The minimum atomic E-state index is -0.199. The number of rotatable bonds is 2. The van der Waals surface area contributed by atoms with Crippen molar-refractivity contribution in [2.45, 2.75) is 32.6 Å². The van der Waals surface area contributed by atoms with Crippen LogP contribution < -0.4 is 5.32 Å². The first kappa shape index (κ1) is 11.7. The van der Waals surface area contributed by atoms with Gasteiger partial charge >= 0.3 is 0 Å². The Hall–Kier alpha value is -1.82. The third-order valence-electron chi connectivity index (χ3n) is 3.23. The summed E-state index contributed by atoms with van der Waals surface area (Å²) in [6.07, 6.45) is 0.965. The molecule has 17 heavy (non-hydrogen) atoms. The molecule has 0 fully saturated rings. The largest absolute Gasteiger partial charge is 0.326 e. The fourth-order valence-corrected chi connectivity index (χ4v) is 2.13. The molecular weight excluding hydrogens is 212 g/mol. The minimum absolute atomic E-state index is 0.0312. The zero-order valence-corrected chi connectivity index (χ0v) is 10.2. The molecule has 2 rings (SSSR count). The fourth-order valence-electron chi connectivity index (χ4n) is 2.13. The van der Waals surface area contributed by atoms with E-state index >= 15 is 0 Å². The molecule has 0 radical (unpaired) electrons. The number of fused-ring (bicyclic) bond motifs is 1. The van der Waals surface area contributed by atoms with Crippen molar-refractivity contribution < 1.29 is 4.79 Å². The summed E-state index contributed by atoms with van der Waals surface area (Å²) >= 11 is 0. The Bertz CT molecular complexity index is 485.